The molecule has 5 nitrogen and oxygen atoms in total. The highest BCUT2D eigenvalue weighted by Gasteiger charge is 2.23. The number of ether oxygens (including phenoxy) is 2. The van der Waals surface area contributed by atoms with Crippen molar-refractivity contribution in [3.63, 3.8) is 0 Å². The van der Waals surface area contributed by atoms with Gasteiger partial charge in [-0.3, -0.25) is 4.79 Å². The van der Waals surface area contributed by atoms with Crippen molar-refractivity contribution in [2.75, 3.05) is 13.2 Å². The van der Waals surface area contributed by atoms with Crippen LogP contribution in [0.15, 0.2) is 6.07 Å². The predicted molar refractivity (Wildman–Crippen MR) is 64.6 cm³/mol. The van der Waals surface area contributed by atoms with Gasteiger partial charge < -0.3 is 19.7 Å². The number of fused-ring (bicyclic) bond motifs is 1. The van der Waals surface area contributed by atoms with Gasteiger partial charge in [-0.2, -0.15) is 0 Å². The molecule has 0 radical (unpaired) electrons. The van der Waals surface area contributed by atoms with Crippen molar-refractivity contribution in [1.29, 1.82) is 0 Å². The third-order valence-corrected chi connectivity index (χ3v) is 3.13. The average Bonchev–Trinajstić information content (AvgIpc) is 2.35. The molecule has 0 fully saturated rings. The smallest absolute Gasteiger partial charge is 0.306 e. The van der Waals surface area contributed by atoms with Crippen LogP contribution in [-0.4, -0.2) is 29.4 Å². The van der Waals surface area contributed by atoms with E-state index >= 15 is 0 Å². The van der Waals surface area contributed by atoms with Gasteiger partial charge in [-0.15, -0.1) is 0 Å². The van der Waals surface area contributed by atoms with E-state index in [0.717, 1.165) is 0 Å². The van der Waals surface area contributed by atoms with Crippen LogP contribution in [0.2, 0.25) is 5.02 Å². The summed E-state index contributed by atoms with van der Waals surface area (Å²) in [6.45, 7) is 2.34. The van der Waals surface area contributed by atoms with Gasteiger partial charge in [-0.25, -0.2) is 0 Å². The molecule has 6 heteroatoms. The first-order valence-electron chi connectivity index (χ1n) is 5.53. The van der Waals surface area contributed by atoms with E-state index in [-0.39, 0.29) is 17.2 Å². The Morgan fingerprint density at radius 1 is 1.50 bits per heavy atom. The van der Waals surface area contributed by atoms with E-state index in [2.05, 4.69) is 0 Å². The van der Waals surface area contributed by atoms with Gasteiger partial charge in [0.15, 0.2) is 11.5 Å². The molecule has 1 aliphatic rings. The van der Waals surface area contributed by atoms with Crippen LogP contribution in [0.25, 0.3) is 0 Å². The van der Waals surface area contributed by atoms with Crippen LogP contribution >= 0.6 is 11.6 Å². The van der Waals surface area contributed by atoms with E-state index in [4.69, 9.17) is 26.2 Å². The quantitative estimate of drug-likeness (QED) is 0.881. The molecule has 0 aliphatic carbocycles. The first-order valence-corrected chi connectivity index (χ1v) is 5.91. The minimum atomic E-state index is -0.930. The number of halogens is 1. The molecule has 1 heterocycles. The Labute approximate surface area is 109 Å². The number of rotatable bonds is 3. The Kier molecular flexibility index (Phi) is 3.52. The number of carbonyl (C=O) groups is 1. The minimum Gasteiger partial charge on any atom is -0.506 e. The second-order valence-electron chi connectivity index (χ2n) is 4.17. The highest BCUT2D eigenvalue weighted by Crippen LogP contribution is 2.45. The zero-order chi connectivity index (χ0) is 13.3. The van der Waals surface area contributed by atoms with Crippen LogP contribution in [-0.2, 0) is 11.2 Å². The van der Waals surface area contributed by atoms with E-state index in [1.165, 1.54) is 0 Å². The van der Waals surface area contributed by atoms with Crippen molar-refractivity contribution < 1.29 is 24.5 Å². The normalized spacial score (nSPS) is 15.2. The number of benzene rings is 1. The van der Waals surface area contributed by atoms with Crippen molar-refractivity contribution in [3.05, 3.63) is 16.7 Å². The molecular weight excluding hydrogens is 260 g/mol. The van der Waals surface area contributed by atoms with E-state index < -0.39 is 11.9 Å². The van der Waals surface area contributed by atoms with E-state index in [1.54, 1.807) is 13.0 Å². The first kappa shape index (κ1) is 12.8. The van der Waals surface area contributed by atoms with Crippen LogP contribution in [0, 0.1) is 5.92 Å². The summed E-state index contributed by atoms with van der Waals surface area (Å²) in [4.78, 5) is 10.8. The predicted octanol–water partition coefficient (Wildman–Crippen LogP) is 2.08. The van der Waals surface area contributed by atoms with E-state index in [9.17, 15) is 9.90 Å². The minimum absolute atomic E-state index is 0.0692. The summed E-state index contributed by atoms with van der Waals surface area (Å²) in [5.74, 6) is -0.937. The van der Waals surface area contributed by atoms with E-state index in [0.29, 0.717) is 30.3 Å². The maximum absolute atomic E-state index is 10.8. The van der Waals surface area contributed by atoms with E-state index in [1.807, 2.05) is 0 Å². The monoisotopic (exact) mass is 272 g/mol. The molecular formula is C12H13ClO5. The fourth-order valence-electron chi connectivity index (χ4n) is 1.76. The maximum atomic E-state index is 10.8. The lowest BCUT2D eigenvalue weighted by Crippen LogP contribution is -2.17. The summed E-state index contributed by atoms with van der Waals surface area (Å²) in [5, 5.41) is 18.9. The van der Waals surface area contributed by atoms with Gasteiger partial charge in [0.2, 0.25) is 0 Å². The van der Waals surface area contributed by atoms with Gasteiger partial charge in [0.25, 0.3) is 0 Å². The Morgan fingerprint density at radius 3 is 2.83 bits per heavy atom. The van der Waals surface area contributed by atoms with Gasteiger partial charge in [0.1, 0.15) is 24.0 Å². The molecule has 1 aromatic carbocycles. The highest BCUT2D eigenvalue weighted by molar-refractivity contribution is 6.33. The Balaban J connectivity index is 2.37. The summed E-state index contributed by atoms with van der Waals surface area (Å²) >= 11 is 5.98. The van der Waals surface area contributed by atoms with Crippen LogP contribution in [0.1, 0.15) is 12.5 Å². The van der Waals surface area contributed by atoms with Crippen molar-refractivity contribution >= 4 is 17.6 Å². The molecule has 1 unspecified atom stereocenters. The zero-order valence-corrected chi connectivity index (χ0v) is 10.5. The fourth-order valence-corrected chi connectivity index (χ4v) is 2.03. The Hall–Kier alpha value is -1.62. The molecule has 18 heavy (non-hydrogen) atoms. The number of aliphatic carboxylic acids is 1. The standard InChI is InChI=1S/C12H13ClO5/c1-6(12(15)16)4-7-5-8-11(9(13)10(7)14)18-3-2-17-8/h5-6,14H,2-4H2,1H3,(H,15,16). The van der Waals surface area contributed by atoms with Crippen LogP contribution < -0.4 is 9.47 Å². The van der Waals surface area contributed by atoms with Crippen molar-refractivity contribution in [3.8, 4) is 17.2 Å². The van der Waals surface area contributed by atoms with Crippen LogP contribution in [0.3, 0.4) is 0 Å². The second-order valence-corrected chi connectivity index (χ2v) is 4.54. The zero-order valence-electron chi connectivity index (χ0n) is 9.77. The van der Waals surface area contributed by atoms with Crippen molar-refractivity contribution in [1.82, 2.24) is 0 Å². The fraction of sp³-hybridized carbons (Fsp3) is 0.417. The lowest BCUT2D eigenvalue weighted by atomic mass is 10.00. The molecule has 98 valence electrons. The number of hydrogen-bond donors (Lipinski definition) is 2. The molecule has 2 N–H and O–H groups in total. The molecule has 0 spiro atoms. The molecule has 0 aromatic heterocycles. The summed E-state index contributed by atoms with van der Waals surface area (Å²) in [6, 6.07) is 1.58. The third kappa shape index (κ3) is 2.31. The Bertz CT molecular complexity index is 486. The summed E-state index contributed by atoms with van der Waals surface area (Å²) in [5.41, 5.74) is 0.444. The maximum Gasteiger partial charge on any atom is 0.306 e. The average molecular weight is 273 g/mol. The number of phenols is 1. The summed E-state index contributed by atoms with van der Waals surface area (Å²) in [6.07, 6.45) is 0.178. The molecule has 1 aliphatic heterocycles. The number of aromatic hydroxyl groups is 1. The molecule has 1 aromatic rings. The highest BCUT2D eigenvalue weighted by atomic mass is 35.5. The topological polar surface area (TPSA) is 76.0 Å². The lowest BCUT2D eigenvalue weighted by Gasteiger charge is -2.21. The number of hydrogen-bond acceptors (Lipinski definition) is 4. The van der Waals surface area contributed by atoms with Crippen LogP contribution in [0.4, 0.5) is 0 Å². The molecule has 0 saturated carbocycles. The molecule has 0 saturated heterocycles. The van der Waals surface area contributed by atoms with Crippen molar-refractivity contribution in [2.45, 2.75) is 13.3 Å². The number of carboxylic acids is 1. The van der Waals surface area contributed by atoms with Crippen LogP contribution in [0.5, 0.6) is 17.2 Å². The number of phenolic OH excluding ortho intramolecular Hbond substituents is 1. The van der Waals surface area contributed by atoms with Gasteiger partial charge in [0, 0.05) is 5.56 Å². The summed E-state index contributed by atoms with van der Waals surface area (Å²) in [7, 11) is 0. The molecule has 0 bridgehead atoms. The second kappa shape index (κ2) is 4.94. The Morgan fingerprint density at radius 2 is 2.17 bits per heavy atom. The molecule has 1 atom stereocenters. The van der Waals surface area contributed by atoms with Gasteiger partial charge in [-0.05, 0) is 12.5 Å². The molecule has 0 amide bonds. The molecule has 2 rings (SSSR count). The number of carboxylic acid groups (broad SMARTS) is 1. The van der Waals surface area contributed by atoms with Gasteiger partial charge >= 0.3 is 5.97 Å². The van der Waals surface area contributed by atoms with Crippen molar-refractivity contribution in [2.24, 2.45) is 5.92 Å². The largest absolute Gasteiger partial charge is 0.506 e. The summed E-state index contributed by atoms with van der Waals surface area (Å²) < 4.78 is 10.7. The first-order chi connectivity index (χ1) is 8.50. The lowest BCUT2D eigenvalue weighted by molar-refractivity contribution is -0.141. The SMILES string of the molecule is CC(Cc1cc2c(c(Cl)c1O)OCCO2)C(=O)O. The van der Waals surface area contributed by atoms with Gasteiger partial charge in [0.05, 0.1) is 5.92 Å². The third-order valence-electron chi connectivity index (χ3n) is 2.78. The van der Waals surface area contributed by atoms with Gasteiger partial charge in [-0.1, -0.05) is 18.5 Å².